The molecule has 0 saturated heterocycles. The van der Waals surface area contributed by atoms with Crippen molar-refractivity contribution < 1.29 is 8.83 Å². The molecule has 0 aliphatic heterocycles. The third-order valence-corrected chi connectivity index (χ3v) is 11.9. The minimum atomic E-state index is 0.887. The summed E-state index contributed by atoms with van der Waals surface area (Å²) < 4.78 is 12.8. The van der Waals surface area contributed by atoms with E-state index in [9.17, 15) is 0 Å². The molecule has 0 fully saturated rings. The molecular formula is C56H35NO2. The molecule has 276 valence electrons. The number of hydrogen-bond acceptors (Lipinski definition) is 3. The van der Waals surface area contributed by atoms with Crippen molar-refractivity contribution in [3.05, 3.63) is 212 Å². The highest BCUT2D eigenvalue weighted by molar-refractivity contribution is 6.19. The predicted octanol–water partition coefficient (Wildman–Crippen LogP) is 16.3. The molecule has 0 aliphatic rings. The maximum atomic E-state index is 6.56. The van der Waals surface area contributed by atoms with E-state index in [0.717, 1.165) is 88.6 Å². The van der Waals surface area contributed by atoms with Crippen molar-refractivity contribution in [2.24, 2.45) is 0 Å². The molecule has 0 radical (unpaired) electrons. The van der Waals surface area contributed by atoms with Crippen LogP contribution >= 0.6 is 0 Å². The molecule has 0 amide bonds. The third-order valence-electron chi connectivity index (χ3n) is 11.9. The monoisotopic (exact) mass is 753 g/mol. The number of benzene rings is 10. The van der Waals surface area contributed by atoms with Gasteiger partial charge >= 0.3 is 0 Å². The van der Waals surface area contributed by atoms with E-state index >= 15 is 0 Å². The third kappa shape index (κ3) is 5.44. The highest BCUT2D eigenvalue weighted by Crippen LogP contribution is 2.45. The zero-order valence-corrected chi connectivity index (χ0v) is 32.0. The number of furan rings is 2. The van der Waals surface area contributed by atoms with Crippen molar-refractivity contribution in [2.45, 2.75) is 0 Å². The first kappa shape index (κ1) is 33.3. The number of anilines is 3. The molecule has 2 heterocycles. The number of para-hydroxylation sites is 2. The van der Waals surface area contributed by atoms with Gasteiger partial charge in [0.05, 0.1) is 5.69 Å². The normalized spacial score (nSPS) is 11.7. The lowest BCUT2D eigenvalue weighted by molar-refractivity contribution is 0.669. The Hall–Kier alpha value is -7.88. The van der Waals surface area contributed by atoms with Crippen LogP contribution in [0.3, 0.4) is 0 Å². The van der Waals surface area contributed by atoms with Gasteiger partial charge in [0.1, 0.15) is 22.3 Å². The summed E-state index contributed by atoms with van der Waals surface area (Å²) in [5.41, 5.74) is 13.8. The Bertz CT molecular complexity index is 3550. The van der Waals surface area contributed by atoms with E-state index in [1.807, 2.05) is 12.1 Å². The van der Waals surface area contributed by atoms with Gasteiger partial charge < -0.3 is 13.7 Å². The van der Waals surface area contributed by atoms with Gasteiger partial charge in [-0.15, -0.1) is 0 Å². The number of fused-ring (bicyclic) bond motifs is 9. The Morgan fingerprint density at radius 1 is 0.305 bits per heavy atom. The minimum absolute atomic E-state index is 0.887. The Kier molecular flexibility index (Phi) is 7.54. The average Bonchev–Trinajstić information content (AvgIpc) is 3.88. The largest absolute Gasteiger partial charge is 0.456 e. The first-order valence-corrected chi connectivity index (χ1v) is 20.1. The molecule has 12 rings (SSSR count). The van der Waals surface area contributed by atoms with Gasteiger partial charge in [0.25, 0.3) is 0 Å². The molecule has 0 unspecified atom stereocenters. The molecule has 12 aromatic rings. The maximum Gasteiger partial charge on any atom is 0.143 e. The minimum Gasteiger partial charge on any atom is -0.456 e. The van der Waals surface area contributed by atoms with Crippen molar-refractivity contribution in [1.29, 1.82) is 0 Å². The lowest BCUT2D eigenvalue weighted by atomic mass is 9.96. The number of nitrogens with zero attached hydrogens (tertiary/aromatic N) is 1. The summed E-state index contributed by atoms with van der Waals surface area (Å²) in [6.07, 6.45) is 0. The molecule has 0 bridgehead atoms. The number of rotatable bonds is 6. The summed E-state index contributed by atoms with van der Waals surface area (Å²) in [4.78, 5) is 2.38. The van der Waals surface area contributed by atoms with E-state index in [0.29, 0.717) is 0 Å². The van der Waals surface area contributed by atoms with Gasteiger partial charge in [0, 0.05) is 43.9 Å². The van der Waals surface area contributed by atoms with Crippen LogP contribution in [0.2, 0.25) is 0 Å². The van der Waals surface area contributed by atoms with Crippen LogP contribution in [0.25, 0.3) is 98.8 Å². The molecule has 0 aliphatic carbocycles. The molecule has 0 atom stereocenters. The second-order valence-electron chi connectivity index (χ2n) is 15.2. The van der Waals surface area contributed by atoms with E-state index in [4.69, 9.17) is 8.83 Å². The molecule has 0 N–H and O–H groups in total. The molecule has 2 aromatic heterocycles. The smallest absolute Gasteiger partial charge is 0.143 e. The summed E-state index contributed by atoms with van der Waals surface area (Å²) in [6.45, 7) is 0. The molecule has 59 heavy (non-hydrogen) atoms. The summed E-state index contributed by atoms with van der Waals surface area (Å²) in [7, 11) is 0. The van der Waals surface area contributed by atoms with Crippen LogP contribution < -0.4 is 4.90 Å². The topological polar surface area (TPSA) is 29.5 Å². The Morgan fingerprint density at radius 3 is 1.68 bits per heavy atom. The first-order chi connectivity index (χ1) is 29.2. The second kappa shape index (κ2) is 13.4. The summed E-state index contributed by atoms with van der Waals surface area (Å²) in [5.74, 6) is 0. The Balaban J connectivity index is 1.01. The average molecular weight is 754 g/mol. The standard InChI is InChI=1S/C56H35NO2/c1-3-14-43-36(11-1)13-9-18-44(43)38-23-29-41(30-24-38)57(51-20-7-5-15-45(51)40-28-34-53-50(35-40)48-17-6-8-21-52(48)58-53)42-31-25-39(26-32-42)46-19-10-22-54-55(46)49-33-27-37-12-2-4-16-47(37)56(49)59-54/h1-35H. The fourth-order valence-electron chi connectivity index (χ4n) is 9.09. The van der Waals surface area contributed by atoms with Gasteiger partial charge in [0.15, 0.2) is 0 Å². The molecular weight excluding hydrogens is 719 g/mol. The zero-order chi connectivity index (χ0) is 38.9. The van der Waals surface area contributed by atoms with Crippen molar-refractivity contribution in [3.8, 4) is 33.4 Å². The fourth-order valence-corrected chi connectivity index (χ4v) is 9.09. The van der Waals surface area contributed by atoms with Gasteiger partial charge in [-0.1, -0.05) is 152 Å². The highest BCUT2D eigenvalue weighted by atomic mass is 16.3. The lowest BCUT2D eigenvalue weighted by Crippen LogP contribution is -2.11. The molecule has 0 spiro atoms. The van der Waals surface area contributed by atoms with E-state index in [2.05, 4.69) is 205 Å². The molecule has 10 aromatic carbocycles. The van der Waals surface area contributed by atoms with Crippen LogP contribution in [0.1, 0.15) is 0 Å². The van der Waals surface area contributed by atoms with Crippen molar-refractivity contribution in [1.82, 2.24) is 0 Å². The number of hydrogen-bond donors (Lipinski definition) is 0. The first-order valence-electron chi connectivity index (χ1n) is 20.1. The van der Waals surface area contributed by atoms with Gasteiger partial charge in [0.2, 0.25) is 0 Å². The Labute approximate surface area is 340 Å². The highest BCUT2D eigenvalue weighted by Gasteiger charge is 2.20. The Morgan fingerprint density at radius 2 is 0.864 bits per heavy atom. The van der Waals surface area contributed by atoms with E-state index in [-0.39, 0.29) is 0 Å². The van der Waals surface area contributed by atoms with Crippen LogP contribution in [0.5, 0.6) is 0 Å². The van der Waals surface area contributed by atoms with Crippen LogP contribution in [-0.2, 0) is 0 Å². The second-order valence-corrected chi connectivity index (χ2v) is 15.2. The SMILES string of the molecule is c1ccc(N(c2ccc(-c3cccc4ccccc34)cc2)c2ccc(-c3cccc4oc5c6ccccc6ccc5c34)cc2)c(-c2ccc3oc4ccccc4c3c2)c1. The summed E-state index contributed by atoms with van der Waals surface area (Å²) >= 11 is 0. The molecule has 3 nitrogen and oxygen atoms in total. The molecule has 3 heteroatoms. The quantitative estimate of drug-likeness (QED) is 0.169. The van der Waals surface area contributed by atoms with Crippen LogP contribution in [0.15, 0.2) is 221 Å². The zero-order valence-electron chi connectivity index (χ0n) is 32.0. The van der Waals surface area contributed by atoms with Crippen LogP contribution in [0, 0.1) is 0 Å². The van der Waals surface area contributed by atoms with E-state index in [1.165, 1.54) is 27.3 Å². The van der Waals surface area contributed by atoms with Gasteiger partial charge in [-0.2, -0.15) is 0 Å². The van der Waals surface area contributed by atoms with E-state index < -0.39 is 0 Å². The predicted molar refractivity (Wildman–Crippen MR) is 247 cm³/mol. The van der Waals surface area contributed by atoms with Crippen molar-refractivity contribution in [2.75, 3.05) is 4.90 Å². The molecule has 0 saturated carbocycles. The van der Waals surface area contributed by atoms with Gasteiger partial charge in [-0.05, 0) is 105 Å². The van der Waals surface area contributed by atoms with E-state index in [1.54, 1.807) is 0 Å². The van der Waals surface area contributed by atoms with Crippen molar-refractivity contribution >= 4 is 82.5 Å². The van der Waals surface area contributed by atoms with Crippen LogP contribution in [-0.4, -0.2) is 0 Å². The van der Waals surface area contributed by atoms with Crippen LogP contribution in [0.4, 0.5) is 17.1 Å². The summed E-state index contributed by atoms with van der Waals surface area (Å²) in [6, 6.07) is 75.8. The van der Waals surface area contributed by atoms with Gasteiger partial charge in [-0.25, -0.2) is 0 Å². The fraction of sp³-hybridized carbons (Fsp3) is 0. The maximum absolute atomic E-state index is 6.56. The summed E-state index contributed by atoms with van der Waals surface area (Å²) in [5, 5.41) is 9.27. The van der Waals surface area contributed by atoms with Gasteiger partial charge in [-0.3, -0.25) is 0 Å². The van der Waals surface area contributed by atoms with Crippen molar-refractivity contribution in [3.63, 3.8) is 0 Å². The lowest BCUT2D eigenvalue weighted by Gasteiger charge is -2.28.